The first-order chi connectivity index (χ1) is 17.9. The van der Waals surface area contributed by atoms with Crippen molar-refractivity contribution in [2.24, 2.45) is 10.2 Å². The molecule has 10 heteroatoms. The SMILES string of the molecule is COc1ccc(C2=C3C(=O)c4c(NC(=O)NNC(=O)c5ccc(N(C)C)cc5)cccc4C3N=N2)cc1. The van der Waals surface area contributed by atoms with Crippen LogP contribution in [0.15, 0.2) is 82.5 Å². The van der Waals surface area contributed by atoms with Crippen LogP contribution in [0.4, 0.5) is 16.2 Å². The van der Waals surface area contributed by atoms with Gasteiger partial charge >= 0.3 is 6.03 Å². The molecule has 0 fully saturated rings. The molecule has 1 atom stereocenters. The molecule has 0 radical (unpaired) electrons. The van der Waals surface area contributed by atoms with Crippen LogP contribution >= 0.6 is 0 Å². The number of amides is 3. The van der Waals surface area contributed by atoms with E-state index in [0.29, 0.717) is 39.4 Å². The van der Waals surface area contributed by atoms with Crippen LogP contribution in [0, 0.1) is 0 Å². The zero-order chi connectivity index (χ0) is 26.1. The molecule has 0 saturated heterocycles. The van der Waals surface area contributed by atoms with Crippen molar-refractivity contribution in [2.75, 3.05) is 31.4 Å². The van der Waals surface area contributed by atoms with E-state index in [1.54, 1.807) is 61.7 Å². The first kappa shape index (κ1) is 23.7. The van der Waals surface area contributed by atoms with Gasteiger partial charge in [-0.25, -0.2) is 10.2 Å². The van der Waals surface area contributed by atoms with Crippen molar-refractivity contribution in [2.45, 2.75) is 6.04 Å². The molecule has 10 nitrogen and oxygen atoms in total. The van der Waals surface area contributed by atoms with E-state index in [0.717, 1.165) is 11.3 Å². The smallest absolute Gasteiger partial charge is 0.337 e. The molecule has 0 aromatic heterocycles. The molecule has 186 valence electrons. The quantitative estimate of drug-likeness (QED) is 0.453. The van der Waals surface area contributed by atoms with Crippen molar-refractivity contribution in [3.8, 4) is 5.75 Å². The van der Waals surface area contributed by atoms with Crippen molar-refractivity contribution in [3.05, 3.63) is 94.6 Å². The van der Waals surface area contributed by atoms with E-state index < -0.39 is 18.0 Å². The number of hydrazine groups is 1. The second kappa shape index (κ2) is 9.57. The fraction of sp³-hybridized carbons (Fsp3) is 0.148. The molecule has 2 aliphatic rings. The number of methoxy groups -OCH3 is 1. The fourth-order valence-corrected chi connectivity index (χ4v) is 4.31. The number of hydrogen-bond acceptors (Lipinski definition) is 7. The van der Waals surface area contributed by atoms with Crippen LogP contribution in [0.25, 0.3) is 5.70 Å². The van der Waals surface area contributed by atoms with Gasteiger partial charge in [-0.2, -0.15) is 10.2 Å². The van der Waals surface area contributed by atoms with Crippen molar-refractivity contribution in [1.82, 2.24) is 10.9 Å². The molecule has 3 amide bonds. The second-order valence-corrected chi connectivity index (χ2v) is 8.68. The van der Waals surface area contributed by atoms with Gasteiger partial charge in [0.25, 0.3) is 5.91 Å². The lowest BCUT2D eigenvalue weighted by Crippen LogP contribution is -2.44. The minimum atomic E-state index is -0.692. The van der Waals surface area contributed by atoms with E-state index in [1.165, 1.54) is 0 Å². The first-order valence-electron chi connectivity index (χ1n) is 11.5. The highest BCUT2D eigenvalue weighted by Crippen LogP contribution is 2.49. The average Bonchev–Trinajstić information content (AvgIpc) is 3.47. The molecule has 37 heavy (non-hydrogen) atoms. The monoisotopic (exact) mass is 496 g/mol. The molecule has 0 spiro atoms. The first-order valence-corrected chi connectivity index (χ1v) is 11.5. The largest absolute Gasteiger partial charge is 0.497 e. The molecule has 1 aliphatic carbocycles. The van der Waals surface area contributed by atoms with Gasteiger partial charge in [-0.05, 0) is 60.2 Å². The molecule has 1 heterocycles. The molecule has 1 unspecified atom stereocenters. The van der Waals surface area contributed by atoms with Gasteiger partial charge in [0.05, 0.1) is 23.9 Å². The molecule has 0 bridgehead atoms. The number of carbonyl (C=O) groups is 3. The van der Waals surface area contributed by atoms with Gasteiger partial charge in [-0.15, -0.1) is 0 Å². The summed E-state index contributed by atoms with van der Waals surface area (Å²) in [6, 6.07) is 18.1. The standard InChI is InChI=1S/C27H24N6O4/c1-33(2)17-11-7-16(8-12-17)26(35)31-32-27(36)28-20-6-4-5-19-21(20)25(34)22-23(29-30-24(19)22)15-9-13-18(37-3)14-10-15/h4-14,24H,1-3H3,(H,31,35)(H2,28,32,36). The van der Waals surface area contributed by atoms with E-state index in [4.69, 9.17) is 4.74 Å². The van der Waals surface area contributed by atoms with Gasteiger partial charge in [0.2, 0.25) is 0 Å². The maximum atomic E-state index is 13.5. The maximum Gasteiger partial charge on any atom is 0.337 e. The highest BCUT2D eigenvalue weighted by molar-refractivity contribution is 6.22. The number of urea groups is 1. The molecular weight excluding hydrogens is 472 g/mol. The summed E-state index contributed by atoms with van der Waals surface area (Å²) in [5, 5.41) is 11.3. The molecule has 3 aromatic carbocycles. The Morgan fingerprint density at radius 1 is 0.946 bits per heavy atom. The van der Waals surface area contributed by atoms with Crippen LogP contribution in [0.2, 0.25) is 0 Å². The van der Waals surface area contributed by atoms with Crippen LogP contribution < -0.4 is 25.8 Å². The molecule has 3 aromatic rings. The van der Waals surface area contributed by atoms with Crippen LogP contribution in [0.1, 0.15) is 37.9 Å². The minimum absolute atomic E-state index is 0.253. The maximum absolute atomic E-state index is 13.5. The van der Waals surface area contributed by atoms with Crippen LogP contribution in [0.5, 0.6) is 5.75 Å². The third-order valence-corrected chi connectivity index (χ3v) is 6.21. The van der Waals surface area contributed by atoms with Crippen molar-refractivity contribution >= 4 is 34.8 Å². The Labute approximate surface area is 213 Å². The van der Waals surface area contributed by atoms with E-state index in [9.17, 15) is 14.4 Å². The summed E-state index contributed by atoms with van der Waals surface area (Å²) < 4.78 is 5.20. The van der Waals surface area contributed by atoms with Gasteiger partial charge in [-0.3, -0.25) is 15.0 Å². The molecular formula is C27H24N6O4. The van der Waals surface area contributed by atoms with Gasteiger partial charge in [-0.1, -0.05) is 12.1 Å². The Balaban J connectivity index is 1.31. The third kappa shape index (κ3) is 4.40. The number of hydrogen-bond donors (Lipinski definition) is 3. The number of Topliss-reactive ketones (excluding diaryl/α,β-unsaturated/α-hetero) is 1. The van der Waals surface area contributed by atoms with Gasteiger partial charge in [0.15, 0.2) is 5.78 Å². The lowest BCUT2D eigenvalue weighted by atomic mass is 10.0. The molecule has 5 rings (SSSR count). The summed E-state index contributed by atoms with van der Waals surface area (Å²) in [7, 11) is 5.38. The number of anilines is 2. The number of rotatable bonds is 5. The summed E-state index contributed by atoms with van der Waals surface area (Å²) in [4.78, 5) is 40.4. The van der Waals surface area contributed by atoms with Crippen molar-refractivity contribution in [3.63, 3.8) is 0 Å². The van der Waals surface area contributed by atoms with E-state index in [2.05, 4.69) is 26.4 Å². The summed E-state index contributed by atoms with van der Waals surface area (Å²) in [6.07, 6.45) is 0. The zero-order valence-corrected chi connectivity index (χ0v) is 20.4. The normalized spacial score (nSPS) is 15.2. The van der Waals surface area contributed by atoms with E-state index in [-0.39, 0.29) is 5.78 Å². The fourth-order valence-electron chi connectivity index (χ4n) is 4.31. The lowest BCUT2D eigenvalue weighted by Gasteiger charge is -2.13. The Hall–Kier alpha value is -4.99. The predicted molar refractivity (Wildman–Crippen MR) is 139 cm³/mol. The van der Waals surface area contributed by atoms with Gasteiger partial charge in [0, 0.05) is 30.9 Å². The number of carbonyl (C=O) groups excluding carboxylic acids is 3. The second-order valence-electron chi connectivity index (χ2n) is 8.68. The summed E-state index contributed by atoms with van der Waals surface area (Å²) >= 11 is 0. The third-order valence-electron chi connectivity index (χ3n) is 6.21. The average molecular weight is 497 g/mol. The number of nitrogens with one attached hydrogen (secondary N) is 3. The topological polar surface area (TPSA) is 124 Å². The van der Waals surface area contributed by atoms with Crippen LogP contribution in [-0.2, 0) is 0 Å². The number of azo groups is 1. The summed E-state index contributed by atoms with van der Waals surface area (Å²) in [5.41, 5.74) is 9.07. The highest BCUT2D eigenvalue weighted by atomic mass is 16.5. The van der Waals surface area contributed by atoms with Gasteiger partial charge in [0.1, 0.15) is 17.5 Å². The zero-order valence-electron chi connectivity index (χ0n) is 20.4. The lowest BCUT2D eigenvalue weighted by molar-refractivity contribution is 0.0937. The number of benzene rings is 3. The van der Waals surface area contributed by atoms with Crippen LogP contribution in [-0.4, -0.2) is 38.9 Å². The molecule has 1 aliphatic heterocycles. The number of fused-ring (bicyclic) bond motifs is 3. The molecule has 0 saturated carbocycles. The summed E-state index contributed by atoms with van der Waals surface area (Å²) in [6.45, 7) is 0. The predicted octanol–water partition coefficient (Wildman–Crippen LogP) is 4.34. The van der Waals surface area contributed by atoms with Crippen LogP contribution in [0.3, 0.4) is 0 Å². The van der Waals surface area contributed by atoms with E-state index >= 15 is 0 Å². The Kier molecular flexibility index (Phi) is 6.14. The Morgan fingerprint density at radius 3 is 2.35 bits per heavy atom. The van der Waals surface area contributed by atoms with E-state index in [1.807, 2.05) is 31.1 Å². The Bertz CT molecular complexity index is 1460. The molecule has 3 N–H and O–H groups in total. The Morgan fingerprint density at radius 2 is 1.68 bits per heavy atom. The highest BCUT2D eigenvalue weighted by Gasteiger charge is 2.42. The number of nitrogens with zero attached hydrogens (tertiary/aromatic N) is 3. The van der Waals surface area contributed by atoms with Gasteiger partial charge < -0.3 is 15.0 Å². The number of ketones is 1. The van der Waals surface area contributed by atoms with Crippen molar-refractivity contribution in [1.29, 1.82) is 0 Å². The summed E-state index contributed by atoms with van der Waals surface area (Å²) in [5.74, 6) is -0.0344. The minimum Gasteiger partial charge on any atom is -0.497 e. The number of ether oxygens (including phenoxy) is 1. The van der Waals surface area contributed by atoms with Crippen molar-refractivity contribution < 1.29 is 19.1 Å².